The monoisotopic (exact) mass is 212 g/mol. The van der Waals surface area contributed by atoms with Crippen molar-refractivity contribution in [1.82, 2.24) is 0 Å². The van der Waals surface area contributed by atoms with Gasteiger partial charge in [0.15, 0.2) is 0 Å². The summed E-state index contributed by atoms with van der Waals surface area (Å²) in [7, 11) is 0. The molecule has 0 aliphatic heterocycles. The first-order valence-corrected chi connectivity index (χ1v) is 6.02. The fourth-order valence-electron chi connectivity index (χ4n) is 1.54. The Morgan fingerprint density at radius 1 is 1.00 bits per heavy atom. The van der Waals surface area contributed by atoms with Gasteiger partial charge in [-0.1, -0.05) is 39.0 Å². The predicted molar refractivity (Wildman–Crippen MR) is 64.1 cm³/mol. The molecule has 2 heteroatoms. The second-order valence-corrected chi connectivity index (χ2v) is 3.85. The molecule has 0 saturated carbocycles. The molecule has 1 rings (SSSR count). The first-order valence-electron chi connectivity index (χ1n) is 6.02. The summed E-state index contributed by atoms with van der Waals surface area (Å²) in [6.07, 6.45) is 7.87. The Kier molecular flexibility index (Phi) is 10.8. The molecule has 0 N–H and O–H groups in total. The van der Waals surface area contributed by atoms with E-state index in [1.165, 1.54) is 38.5 Å². The topological polar surface area (TPSA) is 9.23 Å². The van der Waals surface area contributed by atoms with E-state index in [0.29, 0.717) is 0 Å². The van der Waals surface area contributed by atoms with Gasteiger partial charge in [-0.15, -0.1) is 12.1 Å². The van der Waals surface area contributed by atoms with Crippen molar-refractivity contribution in [3.8, 4) is 5.75 Å². The molecule has 0 amide bonds. The molecule has 0 aliphatic rings. The third kappa shape index (κ3) is 7.85. The van der Waals surface area contributed by atoms with Gasteiger partial charge in [-0.3, -0.25) is 0 Å². The Bertz CT molecular complexity index is 236. The quantitative estimate of drug-likeness (QED) is 0.358. The molecule has 1 aromatic carbocycles. The first-order chi connectivity index (χ1) is 7.43. The molecular weight excluding hydrogens is 191 g/mol. The van der Waals surface area contributed by atoms with E-state index in [-0.39, 0.29) is 18.9 Å². The van der Waals surface area contributed by atoms with Crippen LogP contribution in [0.3, 0.4) is 0 Å². The van der Waals surface area contributed by atoms with E-state index >= 15 is 0 Å². The number of hydrogen-bond acceptors (Lipinski definition) is 1. The predicted octanol–water partition coefficient (Wildman–Crippen LogP) is 1.23. The van der Waals surface area contributed by atoms with Crippen LogP contribution in [0, 0.1) is 6.07 Å². The zero-order chi connectivity index (χ0) is 10.8. The largest absolute Gasteiger partial charge is 1.00 e. The molecule has 0 aliphatic carbocycles. The van der Waals surface area contributed by atoms with Crippen LogP contribution in [0.15, 0.2) is 24.3 Å². The van der Waals surface area contributed by atoms with Crippen molar-refractivity contribution < 1.29 is 23.6 Å². The maximum absolute atomic E-state index is 5.59. The third-order valence-electron chi connectivity index (χ3n) is 2.45. The van der Waals surface area contributed by atoms with Gasteiger partial charge in [0.2, 0.25) is 0 Å². The average Bonchev–Trinajstić information content (AvgIpc) is 2.29. The second-order valence-electron chi connectivity index (χ2n) is 3.85. The zero-order valence-electron chi connectivity index (χ0n) is 10.7. The Hall–Kier alpha value is -0.383. The van der Waals surface area contributed by atoms with Crippen LogP contribution >= 0.6 is 0 Å². The molecule has 0 fully saturated rings. The number of benzene rings is 1. The standard InChI is InChI=1S/C14H21O.Li/c1-2-3-4-5-6-10-13-15-14-11-8-7-9-12-14;/h8-9,11-12H,2-6,10,13H2,1H3;/q-1;+1. The van der Waals surface area contributed by atoms with Crippen LogP contribution in [0.25, 0.3) is 0 Å². The summed E-state index contributed by atoms with van der Waals surface area (Å²) < 4.78 is 5.59. The van der Waals surface area contributed by atoms with E-state index in [9.17, 15) is 0 Å². The van der Waals surface area contributed by atoms with E-state index < -0.39 is 0 Å². The third-order valence-corrected chi connectivity index (χ3v) is 2.45. The van der Waals surface area contributed by atoms with Crippen molar-refractivity contribution in [2.75, 3.05) is 6.61 Å². The molecule has 0 saturated heterocycles. The van der Waals surface area contributed by atoms with Gasteiger partial charge in [-0.2, -0.15) is 18.2 Å². The number of unbranched alkanes of at least 4 members (excludes halogenated alkanes) is 5. The van der Waals surface area contributed by atoms with Crippen molar-refractivity contribution >= 4 is 0 Å². The summed E-state index contributed by atoms with van der Waals surface area (Å²) in [4.78, 5) is 0. The summed E-state index contributed by atoms with van der Waals surface area (Å²) in [6.45, 7) is 3.09. The zero-order valence-corrected chi connectivity index (χ0v) is 10.7. The van der Waals surface area contributed by atoms with E-state index in [2.05, 4.69) is 13.0 Å². The molecule has 0 heterocycles. The molecule has 0 aromatic heterocycles. The number of hydrogen-bond donors (Lipinski definition) is 0. The van der Waals surface area contributed by atoms with Gasteiger partial charge in [-0.05, 0) is 6.42 Å². The van der Waals surface area contributed by atoms with Gasteiger partial charge in [0.25, 0.3) is 0 Å². The maximum Gasteiger partial charge on any atom is 1.00 e. The van der Waals surface area contributed by atoms with Gasteiger partial charge in [0.1, 0.15) is 0 Å². The molecule has 1 nitrogen and oxygen atoms in total. The molecule has 0 unspecified atom stereocenters. The van der Waals surface area contributed by atoms with Crippen LogP contribution in [0.2, 0.25) is 0 Å². The second kappa shape index (κ2) is 11.1. The Morgan fingerprint density at radius 2 is 1.62 bits per heavy atom. The van der Waals surface area contributed by atoms with Crippen LogP contribution in [0.1, 0.15) is 45.4 Å². The number of rotatable bonds is 8. The van der Waals surface area contributed by atoms with Gasteiger partial charge in [-0.25, -0.2) is 0 Å². The number of ether oxygens (including phenoxy) is 1. The molecule has 1 aromatic rings. The van der Waals surface area contributed by atoms with E-state index in [4.69, 9.17) is 4.74 Å². The molecule has 84 valence electrons. The average molecular weight is 212 g/mol. The van der Waals surface area contributed by atoms with Crippen molar-refractivity contribution in [3.63, 3.8) is 0 Å². The molecule has 0 atom stereocenters. The SMILES string of the molecule is CCCCCCCCOc1cc[c-]cc1.[Li+]. The Morgan fingerprint density at radius 3 is 2.31 bits per heavy atom. The van der Waals surface area contributed by atoms with E-state index in [0.717, 1.165) is 12.4 Å². The minimum absolute atomic E-state index is 0. The van der Waals surface area contributed by atoms with E-state index in [1.54, 1.807) is 0 Å². The summed E-state index contributed by atoms with van der Waals surface area (Å²) in [6, 6.07) is 10.7. The summed E-state index contributed by atoms with van der Waals surface area (Å²) in [5, 5.41) is 0. The van der Waals surface area contributed by atoms with Gasteiger partial charge in [0, 0.05) is 5.75 Å². The van der Waals surface area contributed by atoms with Crippen LogP contribution in [-0.2, 0) is 0 Å². The first kappa shape index (κ1) is 15.6. The molecule has 0 radical (unpaired) electrons. The molecule has 16 heavy (non-hydrogen) atoms. The Labute approximate surface area is 112 Å². The minimum atomic E-state index is 0. The van der Waals surface area contributed by atoms with Crippen molar-refractivity contribution in [2.24, 2.45) is 0 Å². The Balaban J connectivity index is 0.00000225. The van der Waals surface area contributed by atoms with Crippen LogP contribution in [-0.4, -0.2) is 6.61 Å². The van der Waals surface area contributed by atoms with E-state index in [1.807, 2.05) is 24.3 Å². The minimum Gasteiger partial charge on any atom is -0.519 e. The van der Waals surface area contributed by atoms with Crippen molar-refractivity contribution in [3.05, 3.63) is 30.3 Å². The normalized spacial score (nSPS) is 9.56. The maximum atomic E-state index is 5.59. The van der Waals surface area contributed by atoms with Crippen molar-refractivity contribution in [2.45, 2.75) is 45.4 Å². The van der Waals surface area contributed by atoms with Gasteiger partial charge >= 0.3 is 18.9 Å². The smallest absolute Gasteiger partial charge is 0.519 e. The van der Waals surface area contributed by atoms with Crippen LogP contribution in [0.4, 0.5) is 0 Å². The summed E-state index contributed by atoms with van der Waals surface area (Å²) in [5.74, 6) is 0.960. The summed E-state index contributed by atoms with van der Waals surface area (Å²) >= 11 is 0. The van der Waals surface area contributed by atoms with Crippen LogP contribution in [0.5, 0.6) is 5.75 Å². The summed E-state index contributed by atoms with van der Waals surface area (Å²) in [5.41, 5.74) is 0. The van der Waals surface area contributed by atoms with Crippen molar-refractivity contribution in [1.29, 1.82) is 0 Å². The molecule has 0 bridgehead atoms. The molecule has 0 spiro atoms. The fourth-order valence-corrected chi connectivity index (χ4v) is 1.54. The molecular formula is C14H21LiO. The van der Waals surface area contributed by atoms with Crippen LogP contribution < -0.4 is 23.6 Å². The fraction of sp³-hybridized carbons (Fsp3) is 0.571. The van der Waals surface area contributed by atoms with Gasteiger partial charge < -0.3 is 4.74 Å². The van der Waals surface area contributed by atoms with Gasteiger partial charge in [0.05, 0.1) is 6.61 Å².